The molecular formula is C20H27ClFORb. The first-order valence-corrected chi connectivity index (χ1v) is 9.49. The maximum absolute atomic E-state index is 13.8. The average molecular weight is 423 g/mol. The SMILES string of the molecule is CC1CCC(C2CCC(COc3cc[c-]c(Cl)c3F)CC2)CC1.[Rb+]. The fraction of sp³-hybridized carbons (Fsp3) is 0.700. The van der Waals surface area contributed by atoms with Crippen LogP contribution in [0, 0.1) is 35.6 Å². The number of ether oxygens (including phenoxy) is 1. The van der Waals surface area contributed by atoms with Gasteiger partial charge in [-0.25, -0.2) is 0 Å². The van der Waals surface area contributed by atoms with Gasteiger partial charge in [-0.1, -0.05) is 19.8 Å². The van der Waals surface area contributed by atoms with E-state index >= 15 is 0 Å². The molecule has 128 valence electrons. The summed E-state index contributed by atoms with van der Waals surface area (Å²) in [5.74, 6) is 3.12. The Labute approximate surface area is 199 Å². The van der Waals surface area contributed by atoms with Crippen LogP contribution in [0.4, 0.5) is 4.39 Å². The van der Waals surface area contributed by atoms with E-state index in [1.54, 1.807) is 12.1 Å². The Morgan fingerprint density at radius 2 is 1.67 bits per heavy atom. The van der Waals surface area contributed by atoms with Gasteiger partial charge in [-0.3, -0.25) is 4.39 Å². The van der Waals surface area contributed by atoms with Crippen LogP contribution in [0.15, 0.2) is 12.1 Å². The van der Waals surface area contributed by atoms with E-state index in [1.807, 2.05) is 0 Å². The molecule has 2 aliphatic carbocycles. The fourth-order valence-electron chi connectivity index (χ4n) is 4.34. The van der Waals surface area contributed by atoms with Crippen molar-refractivity contribution in [2.45, 2.75) is 58.3 Å². The van der Waals surface area contributed by atoms with Crippen LogP contribution < -0.4 is 62.9 Å². The molecule has 0 N–H and O–H groups in total. The minimum absolute atomic E-state index is 0. The third-order valence-corrected chi connectivity index (χ3v) is 6.22. The number of rotatable bonds is 4. The summed E-state index contributed by atoms with van der Waals surface area (Å²) in [6.45, 7) is 2.99. The summed E-state index contributed by atoms with van der Waals surface area (Å²) in [6, 6.07) is 5.85. The monoisotopic (exact) mass is 422 g/mol. The van der Waals surface area contributed by atoms with Gasteiger partial charge in [0.05, 0.1) is 12.4 Å². The van der Waals surface area contributed by atoms with Crippen LogP contribution in [0.2, 0.25) is 5.02 Å². The molecule has 0 saturated heterocycles. The van der Waals surface area contributed by atoms with Crippen molar-refractivity contribution < 1.29 is 67.3 Å². The minimum atomic E-state index is -0.487. The number of hydrogen-bond acceptors (Lipinski definition) is 1. The maximum atomic E-state index is 13.8. The Balaban J connectivity index is 0.00000208. The molecule has 0 atom stereocenters. The predicted molar refractivity (Wildman–Crippen MR) is 92.3 cm³/mol. The summed E-state index contributed by atoms with van der Waals surface area (Å²) in [4.78, 5) is 0. The molecule has 0 spiro atoms. The van der Waals surface area contributed by atoms with Crippen molar-refractivity contribution in [1.82, 2.24) is 0 Å². The van der Waals surface area contributed by atoms with Crippen LogP contribution in [-0.4, -0.2) is 6.61 Å². The van der Waals surface area contributed by atoms with Gasteiger partial charge >= 0.3 is 58.2 Å². The predicted octanol–water partition coefficient (Wildman–Crippen LogP) is 3.29. The zero-order valence-electron chi connectivity index (χ0n) is 15.0. The molecule has 1 aromatic carbocycles. The van der Waals surface area contributed by atoms with Crippen molar-refractivity contribution in [3.8, 4) is 5.75 Å². The standard InChI is InChI=1S/C20H27ClFO.Rb/c1-14-5-9-16(10-6-14)17-11-7-15(8-12-17)13-23-19-4-2-3-18(21)20(19)22;/h2,4,14-17H,5-13H2,1H3;/q-1;+1. The summed E-state index contributed by atoms with van der Waals surface area (Å²) in [5, 5.41) is 0.0118. The maximum Gasteiger partial charge on any atom is 1.00 e. The van der Waals surface area contributed by atoms with Gasteiger partial charge in [0.15, 0.2) is 0 Å². The first-order valence-electron chi connectivity index (χ1n) is 9.12. The molecular weight excluding hydrogens is 396 g/mol. The zero-order chi connectivity index (χ0) is 16.2. The molecule has 0 heterocycles. The third-order valence-electron chi connectivity index (χ3n) is 5.95. The van der Waals surface area contributed by atoms with Crippen molar-refractivity contribution in [3.05, 3.63) is 29.0 Å². The zero-order valence-corrected chi connectivity index (χ0v) is 20.7. The van der Waals surface area contributed by atoms with Gasteiger partial charge in [0.2, 0.25) is 0 Å². The molecule has 4 heteroatoms. The number of halogens is 2. The van der Waals surface area contributed by atoms with Crippen LogP contribution in [0.25, 0.3) is 0 Å². The summed E-state index contributed by atoms with van der Waals surface area (Å²) >= 11 is 5.74. The molecule has 0 amide bonds. The Bertz CT molecular complexity index is 508. The molecule has 0 aliphatic heterocycles. The van der Waals surface area contributed by atoms with Gasteiger partial charge in [-0.05, 0) is 67.2 Å². The van der Waals surface area contributed by atoms with Gasteiger partial charge in [0, 0.05) is 5.75 Å². The largest absolute Gasteiger partial charge is 1.00 e. The van der Waals surface area contributed by atoms with Crippen molar-refractivity contribution in [2.24, 2.45) is 23.7 Å². The van der Waals surface area contributed by atoms with E-state index in [1.165, 1.54) is 51.4 Å². The van der Waals surface area contributed by atoms with Gasteiger partial charge < -0.3 is 4.74 Å². The van der Waals surface area contributed by atoms with Crippen LogP contribution >= 0.6 is 11.6 Å². The fourth-order valence-corrected chi connectivity index (χ4v) is 4.49. The van der Waals surface area contributed by atoms with Crippen molar-refractivity contribution in [3.63, 3.8) is 0 Å². The Kier molecular flexibility index (Phi) is 9.25. The molecule has 24 heavy (non-hydrogen) atoms. The molecule has 3 rings (SSSR count). The summed E-state index contributed by atoms with van der Waals surface area (Å²) < 4.78 is 19.5. The van der Waals surface area contributed by atoms with Crippen molar-refractivity contribution in [2.75, 3.05) is 6.61 Å². The molecule has 0 unspecified atom stereocenters. The van der Waals surface area contributed by atoms with Crippen LogP contribution in [0.1, 0.15) is 58.3 Å². The summed E-state index contributed by atoms with van der Waals surface area (Å²) in [5.41, 5.74) is 0. The smallest absolute Gasteiger partial charge is 0.516 e. The molecule has 0 aromatic heterocycles. The summed E-state index contributed by atoms with van der Waals surface area (Å²) in [6.07, 6.45) is 10.7. The van der Waals surface area contributed by atoms with E-state index < -0.39 is 5.82 Å². The van der Waals surface area contributed by atoms with Crippen molar-refractivity contribution in [1.29, 1.82) is 0 Å². The first-order chi connectivity index (χ1) is 11.1. The van der Waals surface area contributed by atoms with E-state index in [9.17, 15) is 4.39 Å². The van der Waals surface area contributed by atoms with E-state index in [0.717, 1.165) is 17.8 Å². The quantitative estimate of drug-likeness (QED) is 0.676. The van der Waals surface area contributed by atoms with Crippen LogP contribution in [0.3, 0.4) is 0 Å². The number of hydrogen-bond donors (Lipinski definition) is 0. The molecule has 0 radical (unpaired) electrons. The second-order valence-corrected chi connectivity index (χ2v) is 7.96. The Hall–Kier alpha value is 1.05. The van der Waals surface area contributed by atoms with E-state index in [-0.39, 0.29) is 69.0 Å². The second kappa shape index (κ2) is 10.4. The molecule has 2 saturated carbocycles. The normalized spacial score (nSPS) is 30.5. The second-order valence-electron chi connectivity index (χ2n) is 7.58. The summed E-state index contributed by atoms with van der Waals surface area (Å²) in [7, 11) is 0. The van der Waals surface area contributed by atoms with E-state index in [2.05, 4.69) is 13.0 Å². The Morgan fingerprint density at radius 1 is 1.08 bits per heavy atom. The van der Waals surface area contributed by atoms with Crippen LogP contribution in [-0.2, 0) is 0 Å². The topological polar surface area (TPSA) is 9.23 Å². The molecule has 2 aliphatic rings. The minimum Gasteiger partial charge on any atom is -0.516 e. The molecule has 0 bridgehead atoms. The van der Waals surface area contributed by atoms with Gasteiger partial charge in [0.1, 0.15) is 0 Å². The van der Waals surface area contributed by atoms with E-state index in [0.29, 0.717) is 12.5 Å². The van der Waals surface area contributed by atoms with Crippen LogP contribution in [0.5, 0.6) is 5.75 Å². The number of benzene rings is 1. The average Bonchev–Trinajstić information content (AvgIpc) is 2.57. The molecule has 1 aromatic rings. The third kappa shape index (κ3) is 5.77. The Morgan fingerprint density at radius 3 is 2.29 bits per heavy atom. The van der Waals surface area contributed by atoms with Gasteiger partial charge in [-0.2, -0.15) is 12.1 Å². The van der Waals surface area contributed by atoms with Gasteiger partial charge in [-0.15, -0.1) is 17.7 Å². The van der Waals surface area contributed by atoms with Gasteiger partial charge in [0.25, 0.3) is 0 Å². The van der Waals surface area contributed by atoms with Crippen molar-refractivity contribution >= 4 is 11.6 Å². The molecule has 2 fully saturated rings. The van der Waals surface area contributed by atoms with E-state index in [4.69, 9.17) is 16.3 Å². The molecule has 1 nitrogen and oxygen atoms in total. The first kappa shape index (κ1) is 21.3.